The van der Waals surface area contributed by atoms with E-state index in [4.69, 9.17) is 14.2 Å². The van der Waals surface area contributed by atoms with E-state index in [1.807, 2.05) is 20.8 Å². The second kappa shape index (κ2) is 16.7. The van der Waals surface area contributed by atoms with Crippen LogP contribution in [0.4, 0.5) is 0 Å². The minimum absolute atomic E-state index is 0.00156. The van der Waals surface area contributed by atoms with E-state index in [9.17, 15) is 9.59 Å². The SMILES string of the molecule is CC(CCCOCCOCCOCC(C)(C)CC(C)(C)NC(=O)C(C)C(C)C)NC(=O)C(C)C(C)(C)C. The molecule has 220 valence electrons. The molecule has 37 heavy (non-hydrogen) atoms. The summed E-state index contributed by atoms with van der Waals surface area (Å²) in [6.45, 7) is 28.3. The highest BCUT2D eigenvalue weighted by molar-refractivity contribution is 5.79. The predicted octanol–water partition coefficient (Wildman–Crippen LogP) is 5.61. The van der Waals surface area contributed by atoms with Crippen LogP contribution < -0.4 is 10.6 Å². The molecule has 2 amide bonds. The summed E-state index contributed by atoms with van der Waals surface area (Å²) in [4.78, 5) is 24.8. The number of carbonyl (C=O) groups excluding carboxylic acids is 2. The monoisotopic (exact) mass is 528 g/mol. The van der Waals surface area contributed by atoms with Gasteiger partial charge in [0.2, 0.25) is 11.8 Å². The van der Waals surface area contributed by atoms with Crippen molar-refractivity contribution in [3.8, 4) is 0 Å². The first-order valence-corrected chi connectivity index (χ1v) is 14.2. The molecule has 0 radical (unpaired) electrons. The largest absolute Gasteiger partial charge is 0.379 e. The van der Waals surface area contributed by atoms with Gasteiger partial charge in [-0.2, -0.15) is 0 Å². The summed E-state index contributed by atoms with van der Waals surface area (Å²) in [5, 5.41) is 6.31. The Morgan fingerprint density at radius 2 is 1.24 bits per heavy atom. The number of carbonyl (C=O) groups is 2. The van der Waals surface area contributed by atoms with Gasteiger partial charge in [0, 0.05) is 30.0 Å². The summed E-state index contributed by atoms with van der Waals surface area (Å²) < 4.78 is 17.1. The summed E-state index contributed by atoms with van der Waals surface area (Å²) in [7, 11) is 0. The predicted molar refractivity (Wildman–Crippen MR) is 153 cm³/mol. The first-order valence-electron chi connectivity index (χ1n) is 14.2. The van der Waals surface area contributed by atoms with Crippen molar-refractivity contribution in [3.05, 3.63) is 0 Å². The molecule has 7 nitrogen and oxygen atoms in total. The number of hydrogen-bond acceptors (Lipinski definition) is 5. The molecule has 0 aliphatic carbocycles. The second-order valence-corrected chi connectivity index (χ2v) is 13.7. The van der Waals surface area contributed by atoms with Crippen LogP contribution in [0.25, 0.3) is 0 Å². The number of rotatable bonds is 19. The fraction of sp³-hybridized carbons (Fsp3) is 0.933. The third kappa shape index (κ3) is 17.1. The van der Waals surface area contributed by atoms with Crippen LogP contribution in [-0.4, -0.2) is 63.0 Å². The minimum Gasteiger partial charge on any atom is -0.379 e. The van der Waals surface area contributed by atoms with E-state index >= 15 is 0 Å². The average Bonchev–Trinajstić information content (AvgIpc) is 2.74. The summed E-state index contributed by atoms with van der Waals surface area (Å²) >= 11 is 0. The molecule has 0 rings (SSSR count). The van der Waals surface area contributed by atoms with Gasteiger partial charge in [-0.3, -0.25) is 9.59 Å². The number of hydrogen-bond donors (Lipinski definition) is 2. The molecule has 0 fully saturated rings. The van der Waals surface area contributed by atoms with Crippen molar-refractivity contribution >= 4 is 11.8 Å². The van der Waals surface area contributed by atoms with Gasteiger partial charge in [0.25, 0.3) is 0 Å². The van der Waals surface area contributed by atoms with Gasteiger partial charge in [-0.15, -0.1) is 0 Å². The molecule has 0 aliphatic heterocycles. The molecule has 0 aromatic rings. The van der Waals surface area contributed by atoms with Crippen LogP contribution in [0.15, 0.2) is 0 Å². The lowest BCUT2D eigenvalue weighted by atomic mass is 9.80. The molecule has 0 heterocycles. The van der Waals surface area contributed by atoms with Crippen LogP contribution in [0.3, 0.4) is 0 Å². The number of amides is 2. The third-order valence-electron chi connectivity index (χ3n) is 7.04. The fourth-order valence-electron chi connectivity index (χ4n) is 4.15. The van der Waals surface area contributed by atoms with Crippen LogP contribution in [0, 0.1) is 28.6 Å². The lowest BCUT2D eigenvalue weighted by molar-refractivity contribution is -0.128. The zero-order chi connectivity index (χ0) is 28.9. The summed E-state index contributed by atoms with van der Waals surface area (Å²) in [6.07, 6.45) is 2.62. The van der Waals surface area contributed by atoms with Gasteiger partial charge in [0.05, 0.1) is 33.0 Å². The quantitative estimate of drug-likeness (QED) is 0.213. The van der Waals surface area contributed by atoms with Crippen LogP contribution >= 0.6 is 0 Å². The van der Waals surface area contributed by atoms with Gasteiger partial charge < -0.3 is 24.8 Å². The Morgan fingerprint density at radius 1 is 0.730 bits per heavy atom. The van der Waals surface area contributed by atoms with E-state index in [0.29, 0.717) is 45.6 Å². The van der Waals surface area contributed by atoms with E-state index < -0.39 is 0 Å². The molecule has 0 aliphatic rings. The van der Waals surface area contributed by atoms with Crippen molar-refractivity contribution < 1.29 is 23.8 Å². The molecule has 0 saturated carbocycles. The Hall–Kier alpha value is -1.18. The Labute approximate surface area is 228 Å². The van der Waals surface area contributed by atoms with Crippen LogP contribution in [0.5, 0.6) is 0 Å². The van der Waals surface area contributed by atoms with Gasteiger partial charge in [-0.25, -0.2) is 0 Å². The van der Waals surface area contributed by atoms with Crippen LogP contribution in [-0.2, 0) is 23.8 Å². The Morgan fingerprint density at radius 3 is 1.76 bits per heavy atom. The van der Waals surface area contributed by atoms with Crippen molar-refractivity contribution in [2.24, 2.45) is 28.6 Å². The zero-order valence-electron chi connectivity index (χ0n) is 26.2. The molecular weight excluding hydrogens is 468 g/mol. The van der Waals surface area contributed by atoms with E-state index in [2.05, 4.69) is 72.9 Å². The first-order chi connectivity index (χ1) is 16.9. The fourth-order valence-corrected chi connectivity index (χ4v) is 4.15. The van der Waals surface area contributed by atoms with E-state index in [1.54, 1.807) is 0 Å². The molecule has 0 bridgehead atoms. The van der Waals surface area contributed by atoms with Crippen LogP contribution in [0.2, 0.25) is 0 Å². The summed E-state index contributed by atoms with van der Waals surface area (Å²) in [6, 6.07) is 0.143. The average molecular weight is 529 g/mol. The molecule has 0 spiro atoms. The highest BCUT2D eigenvalue weighted by Gasteiger charge is 2.32. The molecule has 7 heteroatoms. The maximum absolute atomic E-state index is 12.5. The summed E-state index contributed by atoms with van der Waals surface area (Å²) in [5.41, 5.74) is -0.395. The molecule has 3 atom stereocenters. The molecule has 0 saturated heterocycles. The molecule has 2 N–H and O–H groups in total. The normalized spacial score (nSPS) is 15.4. The summed E-state index contributed by atoms with van der Waals surface area (Å²) in [5.74, 6) is 0.531. The van der Waals surface area contributed by atoms with Crippen molar-refractivity contribution in [2.75, 3.05) is 39.6 Å². The van der Waals surface area contributed by atoms with E-state index in [0.717, 1.165) is 19.3 Å². The second-order valence-electron chi connectivity index (χ2n) is 13.7. The smallest absolute Gasteiger partial charge is 0.223 e. The standard InChI is InChI=1S/C30H60N2O5/c1-22(2)24(4)26(33)32-30(11,12)20-29(9,10)21-37-19-18-36-17-16-35-15-13-14-23(3)31-27(34)25(5)28(6,7)8/h22-25H,13-21H2,1-12H3,(H,31,34)(H,32,33). The van der Waals surface area contributed by atoms with Crippen molar-refractivity contribution in [1.82, 2.24) is 10.6 Å². The highest BCUT2D eigenvalue weighted by atomic mass is 16.5. The Bertz CT molecular complexity index is 655. The maximum Gasteiger partial charge on any atom is 0.223 e. The lowest BCUT2D eigenvalue weighted by Gasteiger charge is -2.36. The Balaban J connectivity index is 3.90. The number of nitrogens with one attached hydrogen (secondary N) is 2. The third-order valence-corrected chi connectivity index (χ3v) is 7.04. The van der Waals surface area contributed by atoms with Crippen molar-refractivity contribution in [2.45, 2.75) is 114 Å². The van der Waals surface area contributed by atoms with Crippen LogP contribution in [0.1, 0.15) is 102 Å². The van der Waals surface area contributed by atoms with Gasteiger partial charge in [0.1, 0.15) is 0 Å². The molecular formula is C30H60N2O5. The van der Waals surface area contributed by atoms with Gasteiger partial charge in [0.15, 0.2) is 0 Å². The van der Waals surface area contributed by atoms with E-state index in [-0.39, 0.29) is 46.1 Å². The van der Waals surface area contributed by atoms with Crippen molar-refractivity contribution in [3.63, 3.8) is 0 Å². The Kier molecular flexibility index (Phi) is 16.2. The van der Waals surface area contributed by atoms with Crippen molar-refractivity contribution in [1.29, 1.82) is 0 Å². The maximum atomic E-state index is 12.5. The van der Waals surface area contributed by atoms with E-state index in [1.165, 1.54) is 0 Å². The topological polar surface area (TPSA) is 85.9 Å². The molecule has 0 aromatic carbocycles. The zero-order valence-corrected chi connectivity index (χ0v) is 26.2. The molecule has 0 aromatic heterocycles. The van der Waals surface area contributed by atoms with Gasteiger partial charge in [-0.05, 0) is 56.8 Å². The minimum atomic E-state index is -0.296. The first kappa shape index (κ1) is 35.8. The number of ether oxygens (including phenoxy) is 3. The van der Waals surface area contributed by atoms with Gasteiger partial charge in [-0.1, -0.05) is 62.3 Å². The highest BCUT2D eigenvalue weighted by Crippen LogP contribution is 2.29. The molecule has 3 unspecified atom stereocenters. The van der Waals surface area contributed by atoms with Gasteiger partial charge >= 0.3 is 0 Å². The lowest BCUT2D eigenvalue weighted by Crippen LogP contribution is -2.49.